The van der Waals surface area contributed by atoms with E-state index in [0.29, 0.717) is 28.8 Å². The molecule has 12 heteroatoms. The maximum atomic E-state index is 13.8. The van der Waals surface area contributed by atoms with Crippen LogP contribution in [0.5, 0.6) is 5.75 Å². The molecule has 4 rings (SSSR count). The van der Waals surface area contributed by atoms with Gasteiger partial charge in [-0.3, -0.25) is 9.32 Å². The molecule has 36 heavy (non-hydrogen) atoms. The van der Waals surface area contributed by atoms with E-state index in [4.69, 9.17) is 9.26 Å². The molecule has 182 valence electrons. The molecule has 1 N–H and O–H groups in total. The number of ketones is 1. The van der Waals surface area contributed by atoms with E-state index in [9.17, 15) is 28.0 Å². The summed E-state index contributed by atoms with van der Waals surface area (Å²) in [5, 5.41) is 11.5. The molecule has 0 aliphatic carbocycles. The average molecular weight is 513 g/mol. The number of nitrogens with one attached hydrogen (secondary N) is 1. The van der Waals surface area contributed by atoms with Crippen molar-refractivity contribution < 1.29 is 31.9 Å². The van der Waals surface area contributed by atoms with Crippen molar-refractivity contribution in [1.82, 2.24) is 10.3 Å². The highest BCUT2D eigenvalue weighted by Gasteiger charge is 2.37. The fourth-order valence-corrected chi connectivity index (χ4v) is 4.21. The Morgan fingerprint density at radius 3 is 2.50 bits per heavy atom. The molecule has 0 amide bonds. The summed E-state index contributed by atoms with van der Waals surface area (Å²) < 4.78 is 52.4. The Balaban J connectivity index is 1.71. The first-order valence-corrected chi connectivity index (χ1v) is 11.2. The number of methoxy groups -OCH3 is 1. The van der Waals surface area contributed by atoms with Gasteiger partial charge in [0.05, 0.1) is 29.7 Å². The van der Waals surface area contributed by atoms with Crippen LogP contribution >= 0.6 is 11.8 Å². The summed E-state index contributed by atoms with van der Waals surface area (Å²) in [5.41, 5.74) is -2.44. The number of nitrogens with zero attached hydrogens (tertiary/aromatic N) is 3. The Bertz CT molecular complexity index is 1510. The van der Waals surface area contributed by atoms with Crippen LogP contribution in [0.3, 0.4) is 0 Å². The van der Waals surface area contributed by atoms with Crippen LogP contribution in [-0.2, 0) is 6.18 Å². The quantitative estimate of drug-likeness (QED) is 0.224. The number of alkyl halides is 3. The third-order valence-electron chi connectivity index (χ3n) is 5.05. The maximum absolute atomic E-state index is 13.8. The predicted octanol–water partition coefficient (Wildman–Crippen LogP) is 4.18. The number of para-hydroxylation sites is 1. The number of hydrogen-bond acceptors (Lipinski definition) is 7. The molecule has 0 bridgehead atoms. The van der Waals surface area contributed by atoms with E-state index >= 15 is 0 Å². The van der Waals surface area contributed by atoms with E-state index in [1.807, 2.05) is 0 Å². The highest BCUT2D eigenvalue weighted by Crippen LogP contribution is 2.38. The molecule has 0 saturated carbocycles. The van der Waals surface area contributed by atoms with Gasteiger partial charge in [-0.05, 0) is 40.3 Å². The number of rotatable bonds is 7. The van der Waals surface area contributed by atoms with Crippen molar-refractivity contribution in [2.24, 2.45) is 0 Å². The van der Waals surface area contributed by atoms with Crippen molar-refractivity contribution in [2.75, 3.05) is 12.9 Å². The SMILES string of the molecule is COc1ccc(-c2cc(C(F)(F)F)c(C#N)c(SCC(=O)c3c(=O)o[nH][n+]3-c3ccccc3)n2)cc1. The van der Waals surface area contributed by atoms with Crippen molar-refractivity contribution in [3.05, 3.63) is 87.9 Å². The van der Waals surface area contributed by atoms with Gasteiger partial charge in [0.25, 0.3) is 0 Å². The number of benzene rings is 2. The number of Topliss-reactive ketones (excluding diaryl/α,β-unsaturated/α-hetero) is 1. The van der Waals surface area contributed by atoms with Crippen LogP contribution in [0.15, 0.2) is 75.0 Å². The van der Waals surface area contributed by atoms with Crippen LogP contribution in [0, 0.1) is 11.3 Å². The van der Waals surface area contributed by atoms with Gasteiger partial charge in [-0.15, -0.1) is 0 Å². The average Bonchev–Trinajstić information content (AvgIpc) is 3.28. The van der Waals surface area contributed by atoms with Gasteiger partial charge in [-0.2, -0.15) is 18.4 Å². The molecule has 8 nitrogen and oxygen atoms in total. The summed E-state index contributed by atoms with van der Waals surface area (Å²) in [6.45, 7) is 0. The molecular formula is C24H16F3N4O4S+. The zero-order chi connectivity index (χ0) is 25.9. The number of thioether (sulfide) groups is 1. The van der Waals surface area contributed by atoms with Crippen molar-refractivity contribution in [3.63, 3.8) is 0 Å². The smallest absolute Gasteiger partial charge is 0.438 e. The molecule has 4 aromatic rings. The molecular weight excluding hydrogens is 497 g/mol. The lowest BCUT2D eigenvalue weighted by molar-refractivity contribution is -0.672. The van der Waals surface area contributed by atoms with E-state index in [1.54, 1.807) is 48.5 Å². The zero-order valence-corrected chi connectivity index (χ0v) is 19.3. The summed E-state index contributed by atoms with van der Waals surface area (Å²) in [7, 11) is 1.45. The molecule has 0 aliphatic heterocycles. The van der Waals surface area contributed by atoms with Gasteiger partial charge < -0.3 is 4.74 Å². The molecule has 0 fully saturated rings. The van der Waals surface area contributed by atoms with Crippen molar-refractivity contribution >= 4 is 17.5 Å². The fourth-order valence-electron chi connectivity index (χ4n) is 3.34. The number of H-pyrrole nitrogens is 1. The molecule has 0 spiro atoms. The molecule has 0 atom stereocenters. The molecule has 0 radical (unpaired) electrons. The lowest BCUT2D eigenvalue weighted by Gasteiger charge is -2.14. The molecule has 0 unspecified atom stereocenters. The Hall–Kier alpha value is -4.37. The Kier molecular flexibility index (Phi) is 6.93. The third kappa shape index (κ3) is 5.01. The summed E-state index contributed by atoms with van der Waals surface area (Å²) in [4.78, 5) is 29.4. The number of aromatic amines is 1. The predicted molar refractivity (Wildman–Crippen MR) is 122 cm³/mol. The van der Waals surface area contributed by atoms with Gasteiger partial charge in [0.2, 0.25) is 11.5 Å². The Labute approximate surface area is 205 Å². The van der Waals surface area contributed by atoms with Gasteiger partial charge in [-0.1, -0.05) is 30.0 Å². The minimum atomic E-state index is -4.84. The van der Waals surface area contributed by atoms with Gasteiger partial charge in [-0.25, -0.2) is 9.78 Å². The van der Waals surface area contributed by atoms with E-state index in [1.165, 1.54) is 19.2 Å². The van der Waals surface area contributed by atoms with Crippen LogP contribution in [0.25, 0.3) is 16.9 Å². The lowest BCUT2D eigenvalue weighted by Crippen LogP contribution is -2.41. The van der Waals surface area contributed by atoms with Crippen molar-refractivity contribution in [3.8, 4) is 28.8 Å². The number of halogens is 3. The zero-order valence-electron chi connectivity index (χ0n) is 18.5. The lowest BCUT2D eigenvalue weighted by atomic mass is 10.1. The first kappa shape index (κ1) is 24.7. The van der Waals surface area contributed by atoms with Crippen molar-refractivity contribution in [1.29, 1.82) is 5.26 Å². The molecule has 0 aliphatic rings. The van der Waals surface area contributed by atoms with Crippen molar-refractivity contribution in [2.45, 2.75) is 11.2 Å². The second kappa shape index (κ2) is 10.1. The first-order chi connectivity index (χ1) is 17.2. The van der Waals surface area contributed by atoms with Gasteiger partial charge in [0.1, 0.15) is 16.8 Å². The van der Waals surface area contributed by atoms with Gasteiger partial charge >= 0.3 is 17.5 Å². The summed E-state index contributed by atoms with van der Waals surface area (Å²) in [5.74, 6) is -0.700. The normalized spacial score (nSPS) is 11.2. The Morgan fingerprint density at radius 2 is 1.89 bits per heavy atom. The standard InChI is InChI=1S/C24H15F3N4O4S/c1-34-16-9-7-14(8-10-16)19-11-18(24(25,26)27)17(12-28)22(29-19)36-13-20(32)21-23(33)35-30-31(21)15-5-3-2-4-6-15/h2-11H,13H2,1H3/p+1. The number of aromatic nitrogens is 3. The van der Waals surface area contributed by atoms with Crippen LogP contribution in [0.1, 0.15) is 21.6 Å². The maximum Gasteiger partial charge on any atom is 0.438 e. The topological polar surface area (TPSA) is 113 Å². The third-order valence-corrected chi connectivity index (χ3v) is 6.03. The van der Waals surface area contributed by atoms with Crippen LogP contribution in [0.2, 0.25) is 0 Å². The fraction of sp³-hybridized carbons (Fsp3) is 0.125. The van der Waals surface area contributed by atoms with Crippen LogP contribution in [-0.4, -0.2) is 28.9 Å². The molecule has 0 saturated heterocycles. The second-order valence-corrected chi connectivity index (χ2v) is 8.25. The molecule has 2 aromatic heterocycles. The highest BCUT2D eigenvalue weighted by atomic mass is 32.2. The van der Waals surface area contributed by atoms with E-state index < -0.39 is 34.5 Å². The van der Waals surface area contributed by atoms with Crippen LogP contribution in [0.4, 0.5) is 13.2 Å². The number of carbonyl (C=O) groups excluding carboxylic acids is 1. The van der Waals surface area contributed by atoms with Crippen LogP contribution < -0.4 is 15.0 Å². The minimum absolute atomic E-state index is 0.0422. The largest absolute Gasteiger partial charge is 0.497 e. The van der Waals surface area contributed by atoms with Gasteiger partial charge in [0, 0.05) is 17.7 Å². The summed E-state index contributed by atoms with van der Waals surface area (Å²) >= 11 is 0.622. The van der Waals surface area contributed by atoms with E-state index in [0.717, 1.165) is 10.7 Å². The second-order valence-electron chi connectivity index (χ2n) is 7.29. The number of pyridine rings is 1. The number of ether oxygens (including phenoxy) is 1. The molecule has 2 aromatic carbocycles. The van der Waals surface area contributed by atoms with E-state index in [-0.39, 0.29) is 16.4 Å². The van der Waals surface area contributed by atoms with E-state index in [2.05, 4.69) is 10.3 Å². The monoisotopic (exact) mass is 513 g/mol. The number of hydrogen-bond donors (Lipinski definition) is 1. The summed E-state index contributed by atoms with van der Waals surface area (Å²) in [6, 6.07) is 16.9. The highest BCUT2D eigenvalue weighted by molar-refractivity contribution is 8.00. The number of nitriles is 1. The number of carbonyl (C=O) groups is 1. The summed E-state index contributed by atoms with van der Waals surface area (Å²) in [6.07, 6.45) is -4.84. The van der Waals surface area contributed by atoms with Gasteiger partial charge in [0.15, 0.2) is 0 Å². The Morgan fingerprint density at radius 1 is 1.19 bits per heavy atom. The minimum Gasteiger partial charge on any atom is -0.497 e. The molecule has 2 heterocycles. The first-order valence-electron chi connectivity index (χ1n) is 10.2.